The minimum atomic E-state index is -0.978. The molecule has 1 atom stereocenters. The lowest BCUT2D eigenvalue weighted by Gasteiger charge is -2.32. The number of hydrogen-bond donors (Lipinski definition) is 1. The highest BCUT2D eigenvalue weighted by Gasteiger charge is 2.35. The number of piperidine rings is 1. The molecule has 0 unspecified atom stereocenters. The van der Waals surface area contributed by atoms with Crippen molar-refractivity contribution in [3.63, 3.8) is 0 Å². The smallest absolute Gasteiger partial charge is 0.326 e. The van der Waals surface area contributed by atoms with Crippen LogP contribution in [0.5, 0.6) is 5.75 Å². The third-order valence-electron chi connectivity index (χ3n) is 4.25. The molecular formula is C18H21N3O4. The van der Waals surface area contributed by atoms with Crippen molar-refractivity contribution in [3.05, 3.63) is 42.2 Å². The zero-order valence-electron chi connectivity index (χ0n) is 14.1. The van der Waals surface area contributed by atoms with Gasteiger partial charge in [-0.3, -0.25) is 4.79 Å². The van der Waals surface area contributed by atoms with E-state index in [-0.39, 0.29) is 5.69 Å². The number of carbonyl (C=O) groups is 2. The number of benzene rings is 1. The molecule has 25 heavy (non-hydrogen) atoms. The van der Waals surface area contributed by atoms with Gasteiger partial charge in [-0.25, -0.2) is 9.48 Å². The Labute approximate surface area is 145 Å². The van der Waals surface area contributed by atoms with E-state index in [1.807, 2.05) is 37.3 Å². The third kappa shape index (κ3) is 3.50. The van der Waals surface area contributed by atoms with Gasteiger partial charge in [-0.05, 0) is 38.3 Å². The fourth-order valence-corrected chi connectivity index (χ4v) is 3.05. The number of likely N-dealkylation sites (tertiary alicyclic amines) is 1. The van der Waals surface area contributed by atoms with Crippen LogP contribution in [0.2, 0.25) is 0 Å². The zero-order chi connectivity index (χ0) is 17.8. The zero-order valence-corrected chi connectivity index (χ0v) is 14.1. The van der Waals surface area contributed by atoms with E-state index in [2.05, 4.69) is 5.10 Å². The normalized spacial score (nSPS) is 17.3. The van der Waals surface area contributed by atoms with E-state index in [9.17, 15) is 14.7 Å². The average molecular weight is 343 g/mol. The van der Waals surface area contributed by atoms with Gasteiger partial charge in [-0.2, -0.15) is 5.10 Å². The Morgan fingerprint density at radius 2 is 2.04 bits per heavy atom. The maximum absolute atomic E-state index is 13.0. The highest BCUT2D eigenvalue weighted by atomic mass is 16.5. The second-order valence-corrected chi connectivity index (χ2v) is 5.90. The number of carbonyl (C=O) groups excluding carboxylic acids is 1. The lowest BCUT2D eigenvalue weighted by molar-refractivity contribution is -0.143. The molecule has 1 N–H and O–H groups in total. The number of rotatable bonds is 5. The number of aromatic nitrogens is 2. The van der Waals surface area contributed by atoms with Gasteiger partial charge < -0.3 is 14.7 Å². The van der Waals surface area contributed by atoms with Crippen LogP contribution in [0.3, 0.4) is 0 Å². The molecule has 2 aromatic rings. The minimum absolute atomic E-state index is 0.152. The van der Waals surface area contributed by atoms with Gasteiger partial charge in [0.1, 0.15) is 6.04 Å². The van der Waals surface area contributed by atoms with E-state index < -0.39 is 17.9 Å². The molecule has 1 aliphatic heterocycles. The van der Waals surface area contributed by atoms with Gasteiger partial charge in [0.25, 0.3) is 5.91 Å². The summed E-state index contributed by atoms with van der Waals surface area (Å²) < 4.78 is 7.15. The van der Waals surface area contributed by atoms with Crippen molar-refractivity contribution in [1.82, 2.24) is 14.7 Å². The van der Waals surface area contributed by atoms with Crippen LogP contribution in [0.15, 0.2) is 36.5 Å². The number of para-hydroxylation sites is 1. The standard InChI is InChI=1S/C18H21N3O4/c1-2-25-15-12-21(13-8-4-3-5-9-13)19-16(15)17(22)20-11-7-6-10-14(20)18(23)24/h3-5,8-9,12,14H,2,6-7,10-11H2,1H3,(H,23,24)/t14-/m0/s1. The summed E-state index contributed by atoms with van der Waals surface area (Å²) in [6.07, 6.45) is 3.71. The summed E-state index contributed by atoms with van der Waals surface area (Å²) in [4.78, 5) is 25.8. The highest BCUT2D eigenvalue weighted by Crippen LogP contribution is 2.25. The van der Waals surface area contributed by atoms with Crippen LogP contribution in [0.25, 0.3) is 5.69 Å². The third-order valence-corrected chi connectivity index (χ3v) is 4.25. The van der Waals surface area contributed by atoms with Gasteiger partial charge in [0.15, 0.2) is 11.4 Å². The molecule has 0 bridgehead atoms. The first-order valence-corrected chi connectivity index (χ1v) is 8.43. The number of carboxylic acids is 1. The molecule has 0 radical (unpaired) electrons. The molecule has 1 fully saturated rings. The minimum Gasteiger partial charge on any atom is -0.490 e. The van der Waals surface area contributed by atoms with Crippen molar-refractivity contribution in [2.24, 2.45) is 0 Å². The molecule has 1 amide bonds. The number of hydrogen-bond acceptors (Lipinski definition) is 4. The largest absolute Gasteiger partial charge is 0.490 e. The van der Waals surface area contributed by atoms with Crippen molar-refractivity contribution in [2.45, 2.75) is 32.2 Å². The maximum Gasteiger partial charge on any atom is 0.326 e. The molecule has 7 heteroatoms. The van der Waals surface area contributed by atoms with E-state index in [0.29, 0.717) is 25.3 Å². The molecule has 1 aliphatic rings. The first-order valence-electron chi connectivity index (χ1n) is 8.43. The topological polar surface area (TPSA) is 84.7 Å². The highest BCUT2D eigenvalue weighted by molar-refractivity contribution is 5.97. The molecule has 7 nitrogen and oxygen atoms in total. The maximum atomic E-state index is 13.0. The molecule has 1 aromatic heterocycles. The fraction of sp³-hybridized carbons (Fsp3) is 0.389. The van der Waals surface area contributed by atoms with Crippen molar-refractivity contribution in [2.75, 3.05) is 13.2 Å². The summed E-state index contributed by atoms with van der Waals surface area (Å²) >= 11 is 0. The van der Waals surface area contributed by atoms with Crippen molar-refractivity contribution in [3.8, 4) is 11.4 Å². The first-order chi connectivity index (χ1) is 12.1. The van der Waals surface area contributed by atoms with E-state index in [1.54, 1.807) is 10.9 Å². The number of ether oxygens (including phenoxy) is 1. The lowest BCUT2D eigenvalue weighted by Crippen LogP contribution is -2.48. The van der Waals surface area contributed by atoms with Gasteiger partial charge >= 0.3 is 5.97 Å². The van der Waals surface area contributed by atoms with Crippen LogP contribution in [0, 0.1) is 0 Å². The second kappa shape index (κ2) is 7.38. The van der Waals surface area contributed by atoms with Gasteiger partial charge in [0.05, 0.1) is 18.5 Å². The first kappa shape index (κ1) is 17.0. The Bertz CT molecular complexity index is 757. The molecular weight excluding hydrogens is 322 g/mol. The van der Waals surface area contributed by atoms with E-state index in [0.717, 1.165) is 18.5 Å². The van der Waals surface area contributed by atoms with Gasteiger partial charge in [0, 0.05) is 6.54 Å². The van der Waals surface area contributed by atoms with Crippen LogP contribution in [-0.2, 0) is 4.79 Å². The van der Waals surface area contributed by atoms with Crippen molar-refractivity contribution in [1.29, 1.82) is 0 Å². The molecule has 3 rings (SSSR count). The van der Waals surface area contributed by atoms with Crippen LogP contribution in [-0.4, -0.2) is 50.9 Å². The number of carboxylic acid groups (broad SMARTS) is 1. The average Bonchev–Trinajstić information content (AvgIpc) is 3.06. The van der Waals surface area contributed by atoms with Crippen LogP contribution >= 0.6 is 0 Å². The predicted octanol–water partition coefficient (Wildman–Crippen LogP) is 2.35. The van der Waals surface area contributed by atoms with Gasteiger partial charge in [0.2, 0.25) is 0 Å². The number of amides is 1. The molecule has 2 heterocycles. The second-order valence-electron chi connectivity index (χ2n) is 5.90. The molecule has 1 aromatic carbocycles. The van der Waals surface area contributed by atoms with Crippen molar-refractivity contribution >= 4 is 11.9 Å². The van der Waals surface area contributed by atoms with Crippen molar-refractivity contribution < 1.29 is 19.4 Å². The fourth-order valence-electron chi connectivity index (χ4n) is 3.05. The Kier molecular flexibility index (Phi) is 5.02. The summed E-state index contributed by atoms with van der Waals surface area (Å²) in [5.74, 6) is -1.01. The summed E-state index contributed by atoms with van der Waals surface area (Å²) in [7, 11) is 0. The monoisotopic (exact) mass is 343 g/mol. The Hall–Kier alpha value is -2.83. The molecule has 0 spiro atoms. The van der Waals surface area contributed by atoms with Crippen LogP contribution in [0.1, 0.15) is 36.7 Å². The number of aliphatic carboxylic acids is 1. The Morgan fingerprint density at radius 1 is 1.28 bits per heavy atom. The lowest BCUT2D eigenvalue weighted by atomic mass is 10.0. The summed E-state index contributed by atoms with van der Waals surface area (Å²) in [5.41, 5.74) is 0.954. The SMILES string of the molecule is CCOc1cn(-c2ccccc2)nc1C(=O)N1CCCC[C@H]1C(=O)O. The Morgan fingerprint density at radius 3 is 2.72 bits per heavy atom. The molecule has 0 aliphatic carbocycles. The summed E-state index contributed by atoms with van der Waals surface area (Å²) in [6.45, 7) is 2.64. The van der Waals surface area contributed by atoms with Gasteiger partial charge in [-0.15, -0.1) is 0 Å². The van der Waals surface area contributed by atoms with E-state index in [4.69, 9.17) is 4.74 Å². The summed E-state index contributed by atoms with van der Waals surface area (Å²) in [5, 5.41) is 13.8. The molecule has 0 saturated carbocycles. The van der Waals surface area contributed by atoms with E-state index >= 15 is 0 Å². The predicted molar refractivity (Wildman–Crippen MR) is 91.0 cm³/mol. The summed E-state index contributed by atoms with van der Waals surface area (Å²) in [6, 6.07) is 8.59. The Balaban J connectivity index is 1.95. The molecule has 1 saturated heterocycles. The number of nitrogens with zero attached hydrogens (tertiary/aromatic N) is 3. The van der Waals surface area contributed by atoms with Crippen LogP contribution < -0.4 is 4.74 Å². The van der Waals surface area contributed by atoms with E-state index in [1.165, 1.54) is 4.90 Å². The quantitative estimate of drug-likeness (QED) is 0.901. The van der Waals surface area contributed by atoms with Gasteiger partial charge in [-0.1, -0.05) is 18.2 Å². The molecule has 132 valence electrons. The van der Waals surface area contributed by atoms with Crippen LogP contribution in [0.4, 0.5) is 0 Å².